The maximum absolute atomic E-state index is 12.5. The van der Waals surface area contributed by atoms with E-state index in [4.69, 9.17) is 4.74 Å². The first-order valence-corrected chi connectivity index (χ1v) is 8.51. The number of nitrogens with one attached hydrogen (secondary N) is 1. The second-order valence-corrected chi connectivity index (χ2v) is 7.31. The molecule has 1 saturated carbocycles. The highest BCUT2D eigenvalue weighted by Gasteiger charge is 2.39. The first kappa shape index (κ1) is 17.3. The molecule has 0 radical (unpaired) electrons. The Morgan fingerprint density at radius 2 is 1.77 bits per heavy atom. The molecule has 1 unspecified atom stereocenters. The van der Waals surface area contributed by atoms with E-state index in [1.54, 1.807) is 0 Å². The molecule has 1 atom stereocenters. The second kappa shape index (κ2) is 7.44. The van der Waals surface area contributed by atoms with Crippen LogP contribution in [-0.2, 0) is 14.3 Å². The van der Waals surface area contributed by atoms with E-state index in [9.17, 15) is 14.7 Å². The van der Waals surface area contributed by atoms with E-state index in [1.165, 1.54) is 12.8 Å². The highest BCUT2D eigenvalue weighted by atomic mass is 16.5. The minimum absolute atomic E-state index is 0.00212. The molecule has 0 aromatic heterocycles. The zero-order valence-electron chi connectivity index (χ0n) is 13.8. The molecule has 0 spiro atoms. The third kappa shape index (κ3) is 4.00. The fraction of sp³-hybridized carbons (Fsp3) is 0.882. The van der Waals surface area contributed by atoms with Gasteiger partial charge >= 0.3 is 5.97 Å². The van der Waals surface area contributed by atoms with E-state index in [0.29, 0.717) is 19.1 Å². The van der Waals surface area contributed by atoms with E-state index in [-0.39, 0.29) is 18.4 Å². The number of ether oxygens (including phenoxy) is 1. The number of carbonyl (C=O) groups excluding carboxylic acids is 1. The predicted octanol–water partition coefficient (Wildman–Crippen LogP) is 2.45. The van der Waals surface area contributed by atoms with Crippen LogP contribution in [0.2, 0.25) is 0 Å². The summed E-state index contributed by atoms with van der Waals surface area (Å²) < 4.78 is 5.30. The molecule has 2 N–H and O–H groups in total. The number of hydrogen-bond donors (Lipinski definition) is 2. The fourth-order valence-corrected chi connectivity index (χ4v) is 3.84. The van der Waals surface area contributed by atoms with Gasteiger partial charge in [0.2, 0.25) is 5.91 Å². The molecule has 22 heavy (non-hydrogen) atoms. The Labute approximate surface area is 132 Å². The Hall–Kier alpha value is -1.10. The standard InChI is InChI=1S/C17H29NO4/c1-17(2,13-5-3-4-6-13)16(21)18-11-14(15(19)20)12-7-9-22-10-8-12/h12-14H,3-11H2,1-2H3,(H,18,21)(H,19,20). The quantitative estimate of drug-likeness (QED) is 0.790. The van der Waals surface area contributed by atoms with Gasteiger partial charge < -0.3 is 15.2 Å². The Morgan fingerprint density at radius 1 is 1.18 bits per heavy atom. The molecular weight excluding hydrogens is 282 g/mol. The van der Waals surface area contributed by atoms with Crippen LogP contribution in [0, 0.1) is 23.2 Å². The zero-order chi connectivity index (χ0) is 16.2. The fourth-order valence-electron chi connectivity index (χ4n) is 3.84. The number of carboxylic acids is 1. The van der Waals surface area contributed by atoms with Crippen LogP contribution >= 0.6 is 0 Å². The van der Waals surface area contributed by atoms with Gasteiger partial charge in [0.05, 0.1) is 5.92 Å². The summed E-state index contributed by atoms with van der Waals surface area (Å²) in [6, 6.07) is 0. The first-order valence-electron chi connectivity index (χ1n) is 8.51. The molecule has 2 rings (SSSR count). The van der Waals surface area contributed by atoms with Crippen LogP contribution in [0.5, 0.6) is 0 Å². The predicted molar refractivity (Wildman–Crippen MR) is 83.4 cm³/mol. The van der Waals surface area contributed by atoms with Gasteiger partial charge in [-0.3, -0.25) is 9.59 Å². The monoisotopic (exact) mass is 311 g/mol. The molecule has 1 heterocycles. The summed E-state index contributed by atoms with van der Waals surface area (Å²) in [5.74, 6) is -0.809. The van der Waals surface area contributed by atoms with Crippen molar-refractivity contribution < 1.29 is 19.4 Å². The SMILES string of the molecule is CC(C)(C(=O)NCC(C(=O)O)C1CCOCC1)C1CCCC1. The molecule has 1 amide bonds. The molecule has 1 aliphatic carbocycles. The number of carbonyl (C=O) groups is 2. The summed E-state index contributed by atoms with van der Waals surface area (Å²) in [5.41, 5.74) is -0.408. The molecule has 5 nitrogen and oxygen atoms in total. The summed E-state index contributed by atoms with van der Waals surface area (Å²) in [6.07, 6.45) is 6.12. The van der Waals surface area contributed by atoms with Gasteiger partial charge in [0.15, 0.2) is 0 Å². The molecule has 5 heteroatoms. The van der Waals surface area contributed by atoms with Gasteiger partial charge in [-0.15, -0.1) is 0 Å². The maximum Gasteiger partial charge on any atom is 0.308 e. The lowest BCUT2D eigenvalue weighted by molar-refractivity contribution is -0.145. The van der Waals surface area contributed by atoms with Crippen LogP contribution in [0.3, 0.4) is 0 Å². The largest absolute Gasteiger partial charge is 0.481 e. The van der Waals surface area contributed by atoms with E-state index in [1.807, 2.05) is 13.8 Å². The highest BCUT2D eigenvalue weighted by Crippen LogP contribution is 2.39. The van der Waals surface area contributed by atoms with Crippen LogP contribution in [-0.4, -0.2) is 36.7 Å². The molecule has 0 aromatic rings. The van der Waals surface area contributed by atoms with Crippen molar-refractivity contribution in [2.45, 2.75) is 52.4 Å². The second-order valence-electron chi connectivity index (χ2n) is 7.31. The number of rotatable bonds is 6. The van der Waals surface area contributed by atoms with Crippen molar-refractivity contribution in [3.8, 4) is 0 Å². The lowest BCUT2D eigenvalue weighted by atomic mass is 9.76. The zero-order valence-corrected chi connectivity index (χ0v) is 13.8. The van der Waals surface area contributed by atoms with Crippen LogP contribution < -0.4 is 5.32 Å². The van der Waals surface area contributed by atoms with Crippen molar-refractivity contribution >= 4 is 11.9 Å². The highest BCUT2D eigenvalue weighted by molar-refractivity contribution is 5.82. The van der Waals surface area contributed by atoms with Gasteiger partial charge in [0.1, 0.15) is 0 Å². The number of amides is 1. The van der Waals surface area contributed by atoms with Crippen molar-refractivity contribution in [2.24, 2.45) is 23.2 Å². The van der Waals surface area contributed by atoms with E-state index >= 15 is 0 Å². The third-order valence-corrected chi connectivity index (χ3v) is 5.60. The number of carboxylic acid groups (broad SMARTS) is 1. The lowest BCUT2D eigenvalue weighted by Crippen LogP contribution is -2.45. The van der Waals surface area contributed by atoms with Crippen molar-refractivity contribution in [3.05, 3.63) is 0 Å². The van der Waals surface area contributed by atoms with Gasteiger partial charge in [0, 0.05) is 25.2 Å². The topological polar surface area (TPSA) is 75.6 Å². The normalized spacial score (nSPS) is 22.5. The third-order valence-electron chi connectivity index (χ3n) is 5.60. The van der Waals surface area contributed by atoms with E-state index in [2.05, 4.69) is 5.32 Å². The number of hydrogen-bond acceptors (Lipinski definition) is 3. The Kier molecular flexibility index (Phi) is 5.84. The maximum atomic E-state index is 12.5. The minimum atomic E-state index is -0.814. The molecule has 126 valence electrons. The van der Waals surface area contributed by atoms with Crippen molar-refractivity contribution in [2.75, 3.05) is 19.8 Å². The van der Waals surface area contributed by atoms with Crippen molar-refractivity contribution in [1.29, 1.82) is 0 Å². The van der Waals surface area contributed by atoms with Gasteiger partial charge in [-0.25, -0.2) is 0 Å². The molecule has 2 fully saturated rings. The Bertz CT molecular complexity index is 395. The Balaban J connectivity index is 1.90. The van der Waals surface area contributed by atoms with Crippen LogP contribution in [0.4, 0.5) is 0 Å². The molecular formula is C17H29NO4. The van der Waals surface area contributed by atoms with Gasteiger partial charge in [-0.05, 0) is 37.5 Å². The Morgan fingerprint density at radius 3 is 2.32 bits per heavy atom. The summed E-state index contributed by atoms with van der Waals surface area (Å²) in [5, 5.41) is 12.4. The van der Waals surface area contributed by atoms with Crippen molar-refractivity contribution in [1.82, 2.24) is 5.32 Å². The smallest absolute Gasteiger partial charge is 0.308 e. The summed E-state index contributed by atoms with van der Waals surface area (Å²) >= 11 is 0. The molecule has 1 aliphatic heterocycles. The molecule has 0 bridgehead atoms. The van der Waals surface area contributed by atoms with Crippen LogP contribution in [0.25, 0.3) is 0 Å². The van der Waals surface area contributed by atoms with Crippen LogP contribution in [0.15, 0.2) is 0 Å². The minimum Gasteiger partial charge on any atom is -0.481 e. The number of aliphatic carboxylic acids is 1. The molecule has 2 aliphatic rings. The molecule has 1 saturated heterocycles. The molecule has 0 aromatic carbocycles. The summed E-state index contributed by atoms with van der Waals surface area (Å²) in [4.78, 5) is 24.1. The average molecular weight is 311 g/mol. The average Bonchev–Trinajstić information content (AvgIpc) is 3.03. The van der Waals surface area contributed by atoms with Gasteiger partial charge in [0.25, 0.3) is 0 Å². The van der Waals surface area contributed by atoms with Gasteiger partial charge in [-0.1, -0.05) is 26.7 Å². The van der Waals surface area contributed by atoms with E-state index < -0.39 is 17.3 Å². The first-order chi connectivity index (χ1) is 10.4. The summed E-state index contributed by atoms with van der Waals surface area (Å²) in [6.45, 7) is 5.45. The van der Waals surface area contributed by atoms with Gasteiger partial charge in [-0.2, -0.15) is 0 Å². The van der Waals surface area contributed by atoms with E-state index in [0.717, 1.165) is 25.7 Å². The summed E-state index contributed by atoms with van der Waals surface area (Å²) in [7, 11) is 0. The lowest BCUT2D eigenvalue weighted by Gasteiger charge is -2.32. The van der Waals surface area contributed by atoms with Crippen molar-refractivity contribution in [3.63, 3.8) is 0 Å². The van der Waals surface area contributed by atoms with Crippen LogP contribution in [0.1, 0.15) is 52.4 Å².